The molecule has 0 aliphatic rings. The molecule has 0 saturated carbocycles. The molecule has 7 heteroatoms. The predicted molar refractivity (Wildman–Crippen MR) is 113 cm³/mol. The topological polar surface area (TPSA) is 78.9 Å². The highest BCUT2D eigenvalue weighted by molar-refractivity contribution is 6.58. The zero-order valence-corrected chi connectivity index (χ0v) is 18.5. The molecule has 6 nitrogen and oxygen atoms in total. The lowest BCUT2D eigenvalue weighted by atomic mass is 10.5. The monoisotopic (exact) mass is 410 g/mol. The van der Waals surface area contributed by atoms with E-state index in [1.165, 1.54) is 18.2 Å². The Morgan fingerprint density at radius 2 is 0.893 bits per heavy atom. The molecule has 0 unspecified atom stereocenters. The van der Waals surface area contributed by atoms with Crippen LogP contribution in [0.4, 0.5) is 0 Å². The largest absolute Gasteiger partial charge is 0.463 e. The maximum absolute atomic E-state index is 11.3. The Balaban J connectivity index is 4.22. The first-order valence-corrected chi connectivity index (χ1v) is 12.4. The van der Waals surface area contributed by atoms with Crippen LogP contribution in [-0.4, -0.2) is 46.5 Å². The van der Waals surface area contributed by atoms with Crippen LogP contribution in [0.2, 0.25) is 18.1 Å². The zero-order chi connectivity index (χ0) is 21.0. The third-order valence-corrected chi connectivity index (χ3v) is 7.59. The Bertz CT molecular complexity index is 463. The summed E-state index contributed by atoms with van der Waals surface area (Å²) in [5.41, 5.74) is 0. The van der Waals surface area contributed by atoms with Gasteiger partial charge in [-0.2, -0.15) is 0 Å². The molecule has 0 fully saturated rings. The fourth-order valence-electron chi connectivity index (χ4n) is 2.62. The van der Waals surface area contributed by atoms with E-state index in [0.717, 1.165) is 37.4 Å². The Hall–Kier alpha value is -2.15. The molecule has 28 heavy (non-hydrogen) atoms. The predicted octanol–water partition coefficient (Wildman–Crippen LogP) is 3.74. The molecule has 0 aromatic heterocycles. The highest BCUT2D eigenvalue weighted by Gasteiger charge is 2.12. The Kier molecular flexibility index (Phi) is 16.8. The molecule has 0 amide bonds. The van der Waals surface area contributed by atoms with Crippen molar-refractivity contribution in [2.45, 2.75) is 58.2 Å². The van der Waals surface area contributed by atoms with Gasteiger partial charge in [-0.25, -0.2) is 14.4 Å². The number of rotatable bonds is 15. The standard InChI is InChI=1S/C21H34O6Si/c1-4-10-19(22)25-13-7-16-28(17-8-14-26-20(23)11-5-2)18-9-15-27-21(24)12-6-3/h4-6,10-12,28H,7-9,13-18H2,1-3H3. The van der Waals surface area contributed by atoms with Gasteiger partial charge in [-0.15, -0.1) is 0 Å². The van der Waals surface area contributed by atoms with Gasteiger partial charge in [0, 0.05) is 27.0 Å². The van der Waals surface area contributed by atoms with Crippen LogP contribution in [0.3, 0.4) is 0 Å². The molecule has 0 bridgehead atoms. The molecule has 0 aromatic rings. The summed E-state index contributed by atoms with van der Waals surface area (Å²) in [6.07, 6.45) is 11.7. The van der Waals surface area contributed by atoms with Crippen LogP contribution in [0, 0.1) is 0 Å². The van der Waals surface area contributed by atoms with Crippen LogP contribution in [0.25, 0.3) is 0 Å². The van der Waals surface area contributed by atoms with Crippen molar-refractivity contribution in [1.82, 2.24) is 0 Å². The Morgan fingerprint density at radius 3 is 1.14 bits per heavy atom. The summed E-state index contributed by atoms with van der Waals surface area (Å²) in [4.78, 5) is 34.0. The minimum Gasteiger partial charge on any atom is -0.463 e. The van der Waals surface area contributed by atoms with E-state index in [1.54, 1.807) is 39.0 Å². The number of hydrogen-bond donors (Lipinski definition) is 0. The molecule has 0 spiro atoms. The SMILES string of the molecule is CC=CC(=O)OCCC[SiH](CCCOC(=O)C=CC)CCCOC(=O)C=CC. The summed E-state index contributed by atoms with van der Waals surface area (Å²) in [5, 5.41) is 0. The minimum absolute atomic E-state index is 0.313. The molecule has 0 N–H and O–H groups in total. The molecular formula is C21H34O6Si. The van der Waals surface area contributed by atoms with Gasteiger partial charge in [0.1, 0.15) is 0 Å². The van der Waals surface area contributed by atoms with Crippen LogP contribution in [0.15, 0.2) is 36.5 Å². The highest BCUT2D eigenvalue weighted by Crippen LogP contribution is 2.14. The normalized spacial score (nSPS) is 12.5. The van der Waals surface area contributed by atoms with Gasteiger partial charge in [-0.1, -0.05) is 36.4 Å². The molecule has 0 aliphatic carbocycles. The van der Waals surface area contributed by atoms with E-state index < -0.39 is 8.80 Å². The third kappa shape index (κ3) is 16.1. The zero-order valence-electron chi connectivity index (χ0n) is 17.4. The highest BCUT2D eigenvalue weighted by atomic mass is 28.3. The van der Waals surface area contributed by atoms with Crippen molar-refractivity contribution in [3.63, 3.8) is 0 Å². The van der Waals surface area contributed by atoms with Gasteiger partial charge in [-0.05, 0) is 40.0 Å². The number of hydrogen-bond acceptors (Lipinski definition) is 6. The average molecular weight is 411 g/mol. The second kappa shape index (κ2) is 18.2. The Morgan fingerprint density at radius 1 is 0.607 bits per heavy atom. The van der Waals surface area contributed by atoms with Crippen molar-refractivity contribution in [2.24, 2.45) is 0 Å². The van der Waals surface area contributed by atoms with Crippen LogP contribution in [0.1, 0.15) is 40.0 Å². The minimum atomic E-state index is -1.10. The van der Waals surface area contributed by atoms with Gasteiger partial charge >= 0.3 is 17.9 Å². The fraction of sp³-hybridized carbons (Fsp3) is 0.571. The van der Waals surface area contributed by atoms with Crippen molar-refractivity contribution in [3.8, 4) is 0 Å². The quantitative estimate of drug-likeness (QED) is 0.135. The average Bonchev–Trinajstić information content (AvgIpc) is 2.65. The summed E-state index contributed by atoms with van der Waals surface area (Å²) in [5.74, 6) is -0.938. The molecule has 0 saturated heterocycles. The maximum Gasteiger partial charge on any atom is 0.330 e. The van der Waals surface area contributed by atoms with E-state index in [1.807, 2.05) is 0 Å². The number of allylic oxidation sites excluding steroid dienone is 3. The van der Waals surface area contributed by atoms with Crippen LogP contribution in [0.5, 0.6) is 0 Å². The van der Waals surface area contributed by atoms with E-state index in [9.17, 15) is 14.4 Å². The van der Waals surface area contributed by atoms with Crippen LogP contribution >= 0.6 is 0 Å². The third-order valence-electron chi connectivity index (χ3n) is 3.91. The first-order valence-electron chi connectivity index (χ1n) is 9.91. The number of esters is 3. The molecule has 0 heterocycles. The van der Waals surface area contributed by atoms with Crippen molar-refractivity contribution < 1.29 is 28.6 Å². The van der Waals surface area contributed by atoms with Gasteiger partial charge < -0.3 is 14.2 Å². The Labute approximate surface area is 170 Å². The summed E-state index contributed by atoms with van der Waals surface area (Å²) >= 11 is 0. The van der Waals surface area contributed by atoms with Gasteiger partial charge in [0.05, 0.1) is 19.8 Å². The lowest BCUT2D eigenvalue weighted by Crippen LogP contribution is -2.16. The van der Waals surface area contributed by atoms with Crippen LogP contribution < -0.4 is 0 Å². The molecule has 0 atom stereocenters. The van der Waals surface area contributed by atoms with Crippen molar-refractivity contribution in [2.75, 3.05) is 19.8 Å². The van der Waals surface area contributed by atoms with E-state index in [2.05, 4.69) is 0 Å². The molecule has 0 radical (unpaired) electrons. The summed E-state index contributed by atoms with van der Waals surface area (Å²) < 4.78 is 15.4. The van der Waals surface area contributed by atoms with Crippen LogP contribution in [-0.2, 0) is 28.6 Å². The fourth-order valence-corrected chi connectivity index (χ4v) is 5.72. The molecule has 0 rings (SSSR count). The van der Waals surface area contributed by atoms with E-state index in [4.69, 9.17) is 14.2 Å². The second-order valence-corrected chi connectivity index (χ2v) is 9.76. The number of carbonyl (C=O) groups is 3. The maximum atomic E-state index is 11.3. The summed E-state index contributed by atoms with van der Waals surface area (Å²) in [6.45, 7) is 6.57. The number of carbonyl (C=O) groups excluding carboxylic acids is 3. The number of ether oxygens (including phenoxy) is 3. The second-order valence-electron chi connectivity index (χ2n) is 6.30. The van der Waals surface area contributed by atoms with E-state index >= 15 is 0 Å². The van der Waals surface area contributed by atoms with Gasteiger partial charge in [0.25, 0.3) is 0 Å². The van der Waals surface area contributed by atoms with Gasteiger partial charge in [0.2, 0.25) is 0 Å². The molecule has 0 aliphatic heterocycles. The molecule has 0 aromatic carbocycles. The lowest BCUT2D eigenvalue weighted by Gasteiger charge is -2.15. The smallest absolute Gasteiger partial charge is 0.330 e. The van der Waals surface area contributed by atoms with E-state index in [-0.39, 0.29) is 17.9 Å². The van der Waals surface area contributed by atoms with Gasteiger partial charge in [-0.3, -0.25) is 0 Å². The van der Waals surface area contributed by atoms with E-state index in [0.29, 0.717) is 19.8 Å². The lowest BCUT2D eigenvalue weighted by molar-refractivity contribution is -0.138. The molecule has 158 valence electrons. The first-order chi connectivity index (χ1) is 13.5. The van der Waals surface area contributed by atoms with Crippen molar-refractivity contribution in [3.05, 3.63) is 36.5 Å². The molecular weight excluding hydrogens is 376 g/mol. The van der Waals surface area contributed by atoms with Crippen molar-refractivity contribution in [1.29, 1.82) is 0 Å². The summed E-state index contributed by atoms with van der Waals surface area (Å²) in [7, 11) is -1.10. The van der Waals surface area contributed by atoms with Crippen molar-refractivity contribution >= 4 is 26.7 Å². The van der Waals surface area contributed by atoms with Gasteiger partial charge in [0.15, 0.2) is 0 Å². The first kappa shape index (κ1) is 25.8. The summed E-state index contributed by atoms with van der Waals surface area (Å²) in [6, 6.07) is 3.11.